The Balaban J connectivity index is 1.56. The highest BCUT2D eigenvalue weighted by Gasteiger charge is 2.46. The molecular formula is C32H38N4O3S. The van der Waals surface area contributed by atoms with E-state index >= 15 is 0 Å². The molecule has 1 unspecified atom stereocenters. The number of fused-ring (bicyclic) bond motifs is 1. The average Bonchev–Trinajstić information content (AvgIpc) is 3.56. The van der Waals surface area contributed by atoms with Crippen LogP contribution in [0.15, 0.2) is 84.0 Å². The Kier molecular flexibility index (Phi) is 7.75. The van der Waals surface area contributed by atoms with Crippen LogP contribution in [0.4, 0.5) is 0 Å². The van der Waals surface area contributed by atoms with E-state index in [0.29, 0.717) is 37.4 Å². The summed E-state index contributed by atoms with van der Waals surface area (Å²) in [7, 11) is 0.0815. The van der Waals surface area contributed by atoms with E-state index in [2.05, 4.69) is 50.2 Å². The Bertz CT molecular complexity index is 1630. The normalized spacial score (nSPS) is 18.4. The molecule has 210 valence electrons. The SMILES string of the molecule is CC/C(=C\N(C)C)S(=O)(=O)N1CCC(COc2ccccc2)(c2cc3cnn(-c4ccc(C)cc4)c3cc2C)C1. The first-order valence-electron chi connectivity index (χ1n) is 13.7. The third kappa shape index (κ3) is 5.38. The molecule has 0 N–H and O–H groups in total. The van der Waals surface area contributed by atoms with Crippen LogP contribution in [0.1, 0.15) is 36.5 Å². The summed E-state index contributed by atoms with van der Waals surface area (Å²) in [5.41, 5.74) is 4.92. The molecule has 2 heterocycles. The molecule has 1 atom stereocenters. The highest BCUT2D eigenvalue weighted by Crippen LogP contribution is 2.41. The molecule has 1 aliphatic heterocycles. The Morgan fingerprint density at radius 3 is 2.48 bits per heavy atom. The summed E-state index contributed by atoms with van der Waals surface area (Å²) in [6.07, 6.45) is 4.71. The van der Waals surface area contributed by atoms with E-state index in [9.17, 15) is 8.42 Å². The number of aromatic nitrogens is 2. The molecule has 40 heavy (non-hydrogen) atoms. The van der Waals surface area contributed by atoms with E-state index < -0.39 is 15.4 Å². The zero-order chi connectivity index (χ0) is 28.5. The second kappa shape index (κ2) is 11.1. The summed E-state index contributed by atoms with van der Waals surface area (Å²) >= 11 is 0. The van der Waals surface area contributed by atoms with Gasteiger partial charge in [0.15, 0.2) is 0 Å². The van der Waals surface area contributed by atoms with Crippen molar-refractivity contribution in [2.75, 3.05) is 33.8 Å². The lowest BCUT2D eigenvalue weighted by Crippen LogP contribution is -2.39. The molecule has 7 nitrogen and oxygen atoms in total. The van der Waals surface area contributed by atoms with Crippen LogP contribution in [0.2, 0.25) is 0 Å². The van der Waals surface area contributed by atoms with Crippen LogP contribution in [0.25, 0.3) is 16.6 Å². The van der Waals surface area contributed by atoms with Crippen molar-refractivity contribution < 1.29 is 13.2 Å². The molecule has 8 heteroatoms. The third-order valence-corrected chi connectivity index (χ3v) is 9.81. The summed E-state index contributed by atoms with van der Waals surface area (Å²) in [5.74, 6) is 0.774. The van der Waals surface area contributed by atoms with Gasteiger partial charge in [-0.25, -0.2) is 13.1 Å². The van der Waals surface area contributed by atoms with E-state index in [1.165, 1.54) is 5.56 Å². The van der Waals surface area contributed by atoms with Crippen molar-refractivity contribution in [3.8, 4) is 11.4 Å². The molecule has 3 aromatic carbocycles. The number of hydrogen-bond donors (Lipinski definition) is 0. The van der Waals surface area contributed by atoms with Gasteiger partial charge in [-0.05, 0) is 74.2 Å². The van der Waals surface area contributed by atoms with E-state index in [1.54, 1.807) is 15.4 Å². The first kappa shape index (κ1) is 27.9. The summed E-state index contributed by atoms with van der Waals surface area (Å²) < 4.78 is 37.5. The molecule has 1 aliphatic rings. The van der Waals surface area contributed by atoms with Gasteiger partial charge >= 0.3 is 0 Å². The average molecular weight is 559 g/mol. The molecule has 4 aromatic rings. The summed E-state index contributed by atoms with van der Waals surface area (Å²) in [4.78, 5) is 2.21. The first-order chi connectivity index (χ1) is 19.1. The second-order valence-corrected chi connectivity index (χ2v) is 13.0. The minimum absolute atomic E-state index is 0.353. The van der Waals surface area contributed by atoms with Gasteiger partial charge in [-0.1, -0.05) is 42.8 Å². The summed E-state index contributed by atoms with van der Waals surface area (Å²) in [6, 6.07) is 22.4. The maximum atomic E-state index is 13.8. The number of nitrogens with zero attached hydrogens (tertiary/aromatic N) is 4. The lowest BCUT2D eigenvalue weighted by atomic mass is 9.78. The zero-order valence-electron chi connectivity index (χ0n) is 24.0. The minimum atomic E-state index is -3.62. The minimum Gasteiger partial charge on any atom is -0.493 e. The fourth-order valence-corrected chi connectivity index (χ4v) is 7.42. The molecule has 0 aliphatic carbocycles. The van der Waals surface area contributed by atoms with Crippen LogP contribution in [-0.2, 0) is 15.4 Å². The molecule has 0 bridgehead atoms. The van der Waals surface area contributed by atoms with Gasteiger partial charge in [0.2, 0.25) is 10.0 Å². The topological polar surface area (TPSA) is 67.7 Å². The van der Waals surface area contributed by atoms with E-state index in [1.807, 2.05) is 62.2 Å². The van der Waals surface area contributed by atoms with Gasteiger partial charge in [-0.2, -0.15) is 9.40 Å². The van der Waals surface area contributed by atoms with E-state index in [0.717, 1.165) is 33.5 Å². The van der Waals surface area contributed by atoms with Crippen LogP contribution >= 0.6 is 0 Å². The molecular weight excluding hydrogens is 520 g/mol. The number of sulfonamides is 1. The van der Waals surface area contributed by atoms with E-state index in [4.69, 9.17) is 9.84 Å². The zero-order valence-corrected chi connectivity index (χ0v) is 24.8. The van der Waals surface area contributed by atoms with Gasteiger partial charge in [0.25, 0.3) is 0 Å². The number of para-hydroxylation sites is 1. The maximum Gasteiger partial charge on any atom is 0.240 e. The van der Waals surface area contributed by atoms with Crippen molar-refractivity contribution in [3.63, 3.8) is 0 Å². The third-order valence-electron chi connectivity index (χ3n) is 7.76. The van der Waals surface area contributed by atoms with Gasteiger partial charge in [-0.15, -0.1) is 0 Å². The van der Waals surface area contributed by atoms with Crippen molar-refractivity contribution in [3.05, 3.63) is 101 Å². The molecule has 0 spiro atoms. The van der Waals surface area contributed by atoms with Crippen molar-refractivity contribution >= 4 is 20.9 Å². The highest BCUT2D eigenvalue weighted by molar-refractivity contribution is 7.93. The number of ether oxygens (including phenoxy) is 1. The number of rotatable bonds is 9. The summed E-state index contributed by atoms with van der Waals surface area (Å²) in [6.45, 7) is 7.23. The number of hydrogen-bond acceptors (Lipinski definition) is 5. The second-order valence-electron chi connectivity index (χ2n) is 11.0. The van der Waals surface area contributed by atoms with Gasteiger partial charge in [0, 0.05) is 44.2 Å². The van der Waals surface area contributed by atoms with E-state index in [-0.39, 0.29) is 0 Å². The molecule has 5 rings (SSSR count). The maximum absolute atomic E-state index is 13.8. The molecule has 1 aromatic heterocycles. The lowest BCUT2D eigenvalue weighted by Gasteiger charge is -2.32. The number of benzene rings is 3. The monoisotopic (exact) mass is 558 g/mol. The Hall–Kier alpha value is -3.62. The largest absolute Gasteiger partial charge is 0.493 e. The first-order valence-corrected chi connectivity index (χ1v) is 15.2. The van der Waals surface area contributed by atoms with Crippen LogP contribution in [0, 0.1) is 13.8 Å². The predicted octanol–water partition coefficient (Wildman–Crippen LogP) is 5.81. The van der Waals surface area contributed by atoms with Crippen LogP contribution in [0.5, 0.6) is 5.75 Å². The van der Waals surface area contributed by atoms with Crippen LogP contribution in [0.3, 0.4) is 0 Å². The van der Waals surface area contributed by atoms with Gasteiger partial charge in [0.05, 0.1) is 28.9 Å². The highest BCUT2D eigenvalue weighted by atomic mass is 32.2. The van der Waals surface area contributed by atoms with Crippen LogP contribution in [-0.4, -0.2) is 61.2 Å². The van der Waals surface area contributed by atoms with Crippen molar-refractivity contribution in [1.29, 1.82) is 0 Å². The predicted molar refractivity (Wildman–Crippen MR) is 161 cm³/mol. The van der Waals surface area contributed by atoms with Crippen molar-refractivity contribution in [2.24, 2.45) is 0 Å². The number of aryl methyl sites for hydroxylation is 2. The van der Waals surface area contributed by atoms with Gasteiger partial charge < -0.3 is 9.64 Å². The van der Waals surface area contributed by atoms with Crippen molar-refractivity contribution in [2.45, 2.75) is 39.0 Å². The summed E-state index contributed by atoms with van der Waals surface area (Å²) in [5, 5.41) is 5.72. The Morgan fingerprint density at radius 1 is 1.07 bits per heavy atom. The molecule has 0 saturated carbocycles. The molecule has 0 radical (unpaired) electrons. The lowest BCUT2D eigenvalue weighted by molar-refractivity contribution is 0.221. The quantitative estimate of drug-likeness (QED) is 0.259. The molecule has 1 fully saturated rings. The van der Waals surface area contributed by atoms with Gasteiger partial charge in [0.1, 0.15) is 5.75 Å². The number of allylic oxidation sites excluding steroid dienone is 1. The fourth-order valence-electron chi connectivity index (χ4n) is 5.63. The van der Waals surface area contributed by atoms with Crippen LogP contribution < -0.4 is 4.74 Å². The smallest absolute Gasteiger partial charge is 0.240 e. The van der Waals surface area contributed by atoms with Crippen molar-refractivity contribution in [1.82, 2.24) is 19.0 Å². The molecule has 1 saturated heterocycles. The van der Waals surface area contributed by atoms with Gasteiger partial charge in [-0.3, -0.25) is 0 Å². The Labute approximate surface area is 237 Å². The molecule has 0 amide bonds. The standard InChI is InChI=1S/C32H38N4O3S/c1-6-29(21-34(4)5)40(37,38)35-17-16-32(22-35,23-39-28-10-8-7-9-11-28)30-19-26-20-33-36(31(26)18-25(30)3)27-14-12-24(2)13-15-27/h7-15,18-21H,6,16-17,22-23H2,1-5H3/b29-21+. The fraction of sp³-hybridized carbons (Fsp3) is 0.344. The Morgan fingerprint density at radius 2 is 1.80 bits per heavy atom.